The van der Waals surface area contributed by atoms with Crippen molar-refractivity contribution in [2.45, 2.75) is 20.3 Å². The lowest BCUT2D eigenvalue weighted by Crippen LogP contribution is -2.15. The fourth-order valence-corrected chi connectivity index (χ4v) is 1.96. The van der Waals surface area contributed by atoms with E-state index in [1.54, 1.807) is 12.1 Å². The van der Waals surface area contributed by atoms with Gasteiger partial charge in [0.15, 0.2) is 0 Å². The van der Waals surface area contributed by atoms with Gasteiger partial charge in [-0.1, -0.05) is 38.1 Å². The van der Waals surface area contributed by atoms with E-state index < -0.39 is 0 Å². The van der Waals surface area contributed by atoms with Crippen LogP contribution in [-0.2, 0) is 11.2 Å². The lowest BCUT2D eigenvalue weighted by atomic mass is 10.1. The third kappa shape index (κ3) is 4.81. The first-order valence-corrected chi connectivity index (χ1v) is 7.40. The van der Waals surface area contributed by atoms with Gasteiger partial charge in [0.05, 0.1) is 24.4 Å². The number of para-hydroxylation sites is 2. The Bertz CT molecular complexity index is 621. The zero-order chi connectivity index (χ0) is 15.9. The highest BCUT2D eigenvalue weighted by Crippen LogP contribution is 2.18. The summed E-state index contributed by atoms with van der Waals surface area (Å²) in [7, 11) is 0. The molecule has 4 heteroatoms. The maximum atomic E-state index is 12.0. The van der Waals surface area contributed by atoms with Crippen molar-refractivity contribution in [3.05, 3.63) is 54.1 Å². The molecule has 0 atom stereocenters. The molecule has 1 amide bonds. The van der Waals surface area contributed by atoms with E-state index in [0.717, 1.165) is 11.3 Å². The number of hydrogen-bond donors (Lipinski definition) is 2. The molecule has 0 bridgehead atoms. The molecule has 0 aliphatic carbocycles. The number of rotatable bonds is 6. The van der Waals surface area contributed by atoms with Crippen molar-refractivity contribution in [2.75, 3.05) is 17.7 Å². The molecule has 2 aromatic carbocycles. The van der Waals surface area contributed by atoms with E-state index >= 15 is 0 Å². The predicted molar refractivity (Wildman–Crippen MR) is 90.0 cm³/mol. The van der Waals surface area contributed by atoms with Gasteiger partial charge in [-0.15, -0.1) is 0 Å². The number of anilines is 2. The minimum atomic E-state index is -0.0891. The molecule has 0 saturated heterocycles. The molecule has 0 spiro atoms. The molecule has 4 nitrogen and oxygen atoms in total. The Balaban J connectivity index is 1.90. The van der Waals surface area contributed by atoms with Crippen LogP contribution in [0.2, 0.25) is 0 Å². The minimum Gasteiger partial charge on any atom is -0.493 e. The SMILES string of the molecule is CC(C)COc1ccc(CC(=O)Nc2ccccc2N)cc1. The molecular formula is C18H22N2O2. The van der Waals surface area contributed by atoms with Gasteiger partial charge in [0.2, 0.25) is 5.91 Å². The van der Waals surface area contributed by atoms with Gasteiger partial charge < -0.3 is 15.8 Å². The maximum absolute atomic E-state index is 12.0. The van der Waals surface area contributed by atoms with Crippen LogP contribution in [0.25, 0.3) is 0 Å². The number of nitrogen functional groups attached to an aromatic ring is 1. The van der Waals surface area contributed by atoms with Crippen molar-refractivity contribution >= 4 is 17.3 Å². The van der Waals surface area contributed by atoms with E-state index in [4.69, 9.17) is 10.5 Å². The lowest BCUT2D eigenvalue weighted by molar-refractivity contribution is -0.115. The zero-order valence-corrected chi connectivity index (χ0v) is 13.0. The van der Waals surface area contributed by atoms with Crippen molar-refractivity contribution in [3.63, 3.8) is 0 Å². The number of carbonyl (C=O) groups excluding carboxylic acids is 1. The Hall–Kier alpha value is -2.49. The van der Waals surface area contributed by atoms with Crippen molar-refractivity contribution in [1.82, 2.24) is 0 Å². The highest BCUT2D eigenvalue weighted by molar-refractivity contribution is 5.95. The van der Waals surface area contributed by atoms with Crippen LogP contribution < -0.4 is 15.8 Å². The van der Waals surface area contributed by atoms with E-state index in [-0.39, 0.29) is 5.91 Å². The normalized spacial score (nSPS) is 10.5. The number of nitrogens with one attached hydrogen (secondary N) is 1. The third-order valence-electron chi connectivity index (χ3n) is 3.11. The fourth-order valence-electron chi connectivity index (χ4n) is 1.96. The van der Waals surface area contributed by atoms with Gasteiger partial charge in [0, 0.05) is 0 Å². The van der Waals surface area contributed by atoms with Crippen LogP contribution in [0.4, 0.5) is 11.4 Å². The minimum absolute atomic E-state index is 0.0891. The van der Waals surface area contributed by atoms with Crippen LogP contribution in [0.3, 0.4) is 0 Å². The second kappa shape index (κ2) is 7.50. The maximum Gasteiger partial charge on any atom is 0.228 e. The number of amides is 1. The van der Waals surface area contributed by atoms with E-state index in [0.29, 0.717) is 30.3 Å². The monoisotopic (exact) mass is 298 g/mol. The topological polar surface area (TPSA) is 64.3 Å². The van der Waals surface area contributed by atoms with Crippen LogP contribution in [0.15, 0.2) is 48.5 Å². The van der Waals surface area contributed by atoms with E-state index in [1.807, 2.05) is 36.4 Å². The van der Waals surface area contributed by atoms with Crippen molar-refractivity contribution in [3.8, 4) is 5.75 Å². The van der Waals surface area contributed by atoms with Gasteiger partial charge >= 0.3 is 0 Å². The summed E-state index contributed by atoms with van der Waals surface area (Å²) < 4.78 is 5.62. The highest BCUT2D eigenvalue weighted by atomic mass is 16.5. The number of benzene rings is 2. The van der Waals surface area contributed by atoms with Crippen LogP contribution in [0.1, 0.15) is 19.4 Å². The van der Waals surface area contributed by atoms with E-state index in [2.05, 4.69) is 19.2 Å². The summed E-state index contributed by atoms with van der Waals surface area (Å²) >= 11 is 0. The van der Waals surface area contributed by atoms with Gasteiger partial charge in [-0.05, 0) is 35.7 Å². The van der Waals surface area contributed by atoms with Gasteiger partial charge in [0.1, 0.15) is 5.75 Å². The number of hydrogen-bond acceptors (Lipinski definition) is 3. The number of nitrogens with two attached hydrogens (primary N) is 1. The molecule has 2 rings (SSSR count). The van der Waals surface area contributed by atoms with Crippen LogP contribution >= 0.6 is 0 Å². The molecular weight excluding hydrogens is 276 g/mol. The molecule has 0 radical (unpaired) electrons. The summed E-state index contributed by atoms with van der Waals surface area (Å²) in [5.41, 5.74) is 7.95. The average Bonchev–Trinajstić information content (AvgIpc) is 2.49. The van der Waals surface area contributed by atoms with E-state index in [1.165, 1.54) is 0 Å². The summed E-state index contributed by atoms with van der Waals surface area (Å²) in [5.74, 6) is 1.22. The molecule has 22 heavy (non-hydrogen) atoms. The second-order valence-corrected chi connectivity index (χ2v) is 5.66. The lowest BCUT2D eigenvalue weighted by Gasteiger charge is -2.10. The fraction of sp³-hybridized carbons (Fsp3) is 0.278. The Morgan fingerprint density at radius 1 is 1.14 bits per heavy atom. The molecule has 0 aliphatic heterocycles. The first-order valence-electron chi connectivity index (χ1n) is 7.40. The molecule has 3 N–H and O–H groups in total. The predicted octanol–water partition coefficient (Wildman–Crippen LogP) is 3.48. The average molecular weight is 298 g/mol. The largest absolute Gasteiger partial charge is 0.493 e. The molecule has 116 valence electrons. The number of ether oxygens (including phenoxy) is 1. The van der Waals surface area contributed by atoms with Gasteiger partial charge in [0.25, 0.3) is 0 Å². The second-order valence-electron chi connectivity index (χ2n) is 5.66. The quantitative estimate of drug-likeness (QED) is 0.802. The Kier molecular flexibility index (Phi) is 5.42. The first kappa shape index (κ1) is 15.9. The van der Waals surface area contributed by atoms with Crippen molar-refractivity contribution in [1.29, 1.82) is 0 Å². The Labute approximate surface area is 131 Å². The molecule has 0 aromatic heterocycles. The Morgan fingerprint density at radius 3 is 2.45 bits per heavy atom. The molecule has 0 aliphatic rings. The summed E-state index contributed by atoms with van der Waals surface area (Å²) in [5, 5.41) is 2.82. The molecule has 0 saturated carbocycles. The summed E-state index contributed by atoms with van der Waals surface area (Å²) in [6, 6.07) is 14.8. The van der Waals surface area contributed by atoms with Crippen LogP contribution in [-0.4, -0.2) is 12.5 Å². The van der Waals surface area contributed by atoms with Crippen molar-refractivity contribution < 1.29 is 9.53 Å². The molecule has 0 heterocycles. The third-order valence-corrected chi connectivity index (χ3v) is 3.11. The molecule has 2 aromatic rings. The number of carbonyl (C=O) groups is 1. The van der Waals surface area contributed by atoms with E-state index in [9.17, 15) is 4.79 Å². The molecule has 0 fully saturated rings. The van der Waals surface area contributed by atoms with Gasteiger partial charge in [-0.2, -0.15) is 0 Å². The zero-order valence-electron chi connectivity index (χ0n) is 13.0. The van der Waals surface area contributed by atoms with Gasteiger partial charge in [-0.25, -0.2) is 0 Å². The van der Waals surface area contributed by atoms with Crippen LogP contribution in [0, 0.1) is 5.92 Å². The highest BCUT2D eigenvalue weighted by Gasteiger charge is 2.06. The smallest absolute Gasteiger partial charge is 0.228 e. The Morgan fingerprint density at radius 2 is 1.82 bits per heavy atom. The first-order chi connectivity index (χ1) is 10.5. The summed E-state index contributed by atoms with van der Waals surface area (Å²) in [6.07, 6.45) is 0.304. The summed E-state index contributed by atoms with van der Waals surface area (Å²) in [4.78, 5) is 12.0. The van der Waals surface area contributed by atoms with Crippen molar-refractivity contribution in [2.24, 2.45) is 5.92 Å². The standard InChI is InChI=1S/C18H22N2O2/c1-13(2)12-22-15-9-7-14(8-10-15)11-18(21)20-17-6-4-3-5-16(17)19/h3-10,13H,11-12,19H2,1-2H3,(H,20,21). The molecule has 0 unspecified atom stereocenters. The summed E-state index contributed by atoms with van der Waals surface area (Å²) in [6.45, 7) is 4.90. The van der Waals surface area contributed by atoms with Gasteiger partial charge in [-0.3, -0.25) is 4.79 Å². The van der Waals surface area contributed by atoms with Crippen LogP contribution in [0.5, 0.6) is 5.75 Å².